The summed E-state index contributed by atoms with van der Waals surface area (Å²) in [6, 6.07) is 0. The monoisotopic (exact) mass is 221 g/mol. The number of hydrogen-bond donors (Lipinski definition) is 1. The van der Waals surface area contributed by atoms with E-state index < -0.39 is 0 Å². The Hall–Kier alpha value is 0.170. The van der Waals surface area contributed by atoms with Gasteiger partial charge in [-0.25, -0.2) is 0 Å². The molecule has 0 bridgehead atoms. The zero-order chi connectivity index (χ0) is 9.31. The molecule has 3 atom stereocenters. The molecule has 2 heterocycles. The average molecular weight is 222 g/mol. The summed E-state index contributed by atoms with van der Waals surface area (Å²) >= 11 is 0. The van der Waals surface area contributed by atoms with Gasteiger partial charge in [-0.1, -0.05) is 6.92 Å². The first-order valence-electron chi connectivity index (χ1n) is 5.17. The van der Waals surface area contributed by atoms with Crippen LogP contribution in [-0.2, 0) is 9.47 Å². The van der Waals surface area contributed by atoms with Crippen LogP contribution in [0.25, 0.3) is 0 Å². The predicted octanol–water partition coefficient (Wildman–Crippen LogP) is 1.42. The Balaban J connectivity index is 0.000000980. The molecule has 0 spiro atoms. The molecule has 2 aliphatic heterocycles. The van der Waals surface area contributed by atoms with Crippen molar-refractivity contribution in [2.45, 2.75) is 26.0 Å². The van der Waals surface area contributed by atoms with E-state index in [1.54, 1.807) is 0 Å². The second-order valence-corrected chi connectivity index (χ2v) is 4.46. The van der Waals surface area contributed by atoms with Gasteiger partial charge in [0.25, 0.3) is 0 Å². The quantitative estimate of drug-likeness (QED) is 0.727. The standard InChI is InChI=1S/C10H19NO2.ClH/c1-8-5-11-10(2,13-6-8)9-3-4-12-7-9;/h8-9,11H,3-7H2,1-2H3;1H. The first kappa shape index (κ1) is 12.2. The number of halogens is 1. The minimum Gasteiger partial charge on any atom is -0.381 e. The van der Waals surface area contributed by atoms with Crippen molar-refractivity contribution < 1.29 is 9.47 Å². The molecule has 2 aliphatic rings. The highest BCUT2D eigenvalue weighted by Gasteiger charge is 2.39. The van der Waals surface area contributed by atoms with Gasteiger partial charge in [0.15, 0.2) is 0 Å². The van der Waals surface area contributed by atoms with Gasteiger partial charge in [0, 0.05) is 19.1 Å². The molecule has 84 valence electrons. The first-order valence-corrected chi connectivity index (χ1v) is 5.17. The van der Waals surface area contributed by atoms with Crippen molar-refractivity contribution in [2.24, 2.45) is 11.8 Å². The van der Waals surface area contributed by atoms with E-state index in [-0.39, 0.29) is 18.1 Å². The molecule has 0 aromatic heterocycles. The van der Waals surface area contributed by atoms with Crippen LogP contribution in [0, 0.1) is 11.8 Å². The Morgan fingerprint density at radius 1 is 1.36 bits per heavy atom. The number of rotatable bonds is 1. The number of ether oxygens (including phenoxy) is 2. The maximum atomic E-state index is 5.87. The fourth-order valence-electron chi connectivity index (χ4n) is 2.03. The molecule has 0 aromatic carbocycles. The van der Waals surface area contributed by atoms with Crippen LogP contribution in [0.5, 0.6) is 0 Å². The van der Waals surface area contributed by atoms with Gasteiger partial charge in [0.2, 0.25) is 0 Å². The zero-order valence-electron chi connectivity index (χ0n) is 8.91. The predicted molar refractivity (Wildman–Crippen MR) is 57.7 cm³/mol. The summed E-state index contributed by atoms with van der Waals surface area (Å²) in [7, 11) is 0. The lowest BCUT2D eigenvalue weighted by molar-refractivity contribution is -0.135. The Labute approximate surface area is 91.9 Å². The van der Waals surface area contributed by atoms with Crippen LogP contribution in [0.3, 0.4) is 0 Å². The lowest BCUT2D eigenvalue weighted by Crippen LogP contribution is -2.57. The fraction of sp³-hybridized carbons (Fsp3) is 1.00. The maximum Gasteiger partial charge on any atom is 0.121 e. The van der Waals surface area contributed by atoms with Crippen LogP contribution in [0.4, 0.5) is 0 Å². The molecule has 1 N–H and O–H groups in total. The van der Waals surface area contributed by atoms with Gasteiger partial charge >= 0.3 is 0 Å². The van der Waals surface area contributed by atoms with Crippen LogP contribution in [0.1, 0.15) is 20.3 Å². The number of nitrogens with one attached hydrogen (secondary N) is 1. The third-order valence-corrected chi connectivity index (χ3v) is 3.18. The Morgan fingerprint density at radius 3 is 2.64 bits per heavy atom. The molecule has 2 rings (SSSR count). The van der Waals surface area contributed by atoms with E-state index >= 15 is 0 Å². The molecule has 14 heavy (non-hydrogen) atoms. The molecule has 3 unspecified atom stereocenters. The van der Waals surface area contributed by atoms with Crippen molar-refractivity contribution in [3.63, 3.8) is 0 Å². The van der Waals surface area contributed by atoms with Crippen molar-refractivity contribution in [3.8, 4) is 0 Å². The summed E-state index contributed by atoms with van der Waals surface area (Å²) in [4.78, 5) is 0. The molecular formula is C10H20ClNO2. The molecule has 2 saturated heterocycles. The van der Waals surface area contributed by atoms with E-state index in [1.165, 1.54) is 0 Å². The maximum absolute atomic E-state index is 5.87. The summed E-state index contributed by atoms with van der Waals surface area (Å²) in [5.74, 6) is 1.16. The Kier molecular flexibility index (Phi) is 4.19. The van der Waals surface area contributed by atoms with Gasteiger partial charge in [0.1, 0.15) is 5.72 Å². The minimum atomic E-state index is -0.136. The Morgan fingerprint density at radius 2 is 2.14 bits per heavy atom. The molecule has 4 heteroatoms. The molecule has 0 saturated carbocycles. The van der Waals surface area contributed by atoms with Crippen molar-refractivity contribution >= 4 is 12.4 Å². The summed E-state index contributed by atoms with van der Waals surface area (Å²) in [6.07, 6.45) is 1.12. The first-order chi connectivity index (χ1) is 6.21. The molecule has 3 nitrogen and oxygen atoms in total. The van der Waals surface area contributed by atoms with E-state index in [2.05, 4.69) is 19.2 Å². The topological polar surface area (TPSA) is 30.5 Å². The van der Waals surface area contributed by atoms with Crippen LogP contribution in [-0.4, -0.2) is 32.1 Å². The largest absolute Gasteiger partial charge is 0.381 e. The normalized spacial score (nSPS) is 43.3. The SMILES string of the molecule is CC1CNC(C)(C2CCOC2)OC1.Cl. The highest BCUT2D eigenvalue weighted by atomic mass is 35.5. The van der Waals surface area contributed by atoms with E-state index in [1.807, 2.05) is 0 Å². The highest BCUT2D eigenvalue weighted by Crippen LogP contribution is 2.29. The van der Waals surface area contributed by atoms with E-state index in [0.29, 0.717) is 11.8 Å². The molecule has 0 aliphatic carbocycles. The van der Waals surface area contributed by atoms with Crippen molar-refractivity contribution in [1.29, 1.82) is 0 Å². The van der Waals surface area contributed by atoms with Gasteiger partial charge in [-0.05, 0) is 19.3 Å². The van der Waals surface area contributed by atoms with E-state index in [9.17, 15) is 0 Å². The molecule has 0 aromatic rings. The van der Waals surface area contributed by atoms with E-state index in [4.69, 9.17) is 9.47 Å². The molecular weight excluding hydrogens is 202 g/mol. The highest BCUT2D eigenvalue weighted by molar-refractivity contribution is 5.85. The third kappa shape index (κ3) is 2.40. The van der Waals surface area contributed by atoms with Gasteiger partial charge in [-0.3, -0.25) is 5.32 Å². The van der Waals surface area contributed by atoms with Crippen molar-refractivity contribution in [1.82, 2.24) is 5.32 Å². The zero-order valence-corrected chi connectivity index (χ0v) is 9.73. The van der Waals surface area contributed by atoms with Crippen LogP contribution >= 0.6 is 12.4 Å². The molecule has 2 fully saturated rings. The summed E-state index contributed by atoms with van der Waals surface area (Å²) in [6.45, 7) is 8.03. The smallest absolute Gasteiger partial charge is 0.121 e. The van der Waals surface area contributed by atoms with Crippen LogP contribution in [0.15, 0.2) is 0 Å². The lowest BCUT2D eigenvalue weighted by Gasteiger charge is -2.41. The molecule has 0 amide bonds. The third-order valence-electron chi connectivity index (χ3n) is 3.18. The minimum absolute atomic E-state index is 0. The Bertz CT molecular complexity index is 175. The summed E-state index contributed by atoms with van der Waals surface area (Å²) < 4.78 is 11.3. The second-order valence-electron chi connectivity index (χ2n) is 4.46. The van der Waals surface area contributed by atoms with Gasteiger partial charge in [-0.15, -0.1) is 12.4 Å². The summed E-state index contributed by atoms with van der Waals surface area (Å²) in [5, 5.41) is 3.48. The summed E-state index contributed by atoms with van der Waals surface area (Å²) in [5.41, 5.74) is -0.136. The van der Waals surface area contributed by atoms with E-state index in [0.717, 1.165) is 32.8 Å². The van der Waals surface area contributed by atoms with Gasteiger partial charge < -0.3 is 9.47 Å². The van der Waals surface area contributed by atoms with Crippen molar-refractivity contribution in [3.05, 3.63) is 0 Å². The van der Waals surface area contributed by atoms with Crippen LogP contribution in [0.2, 0.25) is 0 Å². The van der Waals surface area contributed by atoms with Gasteiger partial charge in [-0.2, -0.15) is 0 Å². The molecule has 0 radical (unpaired) electrons. The fourth-order valence-corrected chi connectivity index (χ4v) is 2.03. The lowest BCUT2D eigenvalue weighted by atomic mass is 9.94. The van der Waals surface area contributed by atoms with Crippen molar-refractivity contribution in [2.75, 3.05) is 26.4 Å². The van der Waals surface area contributed by atoms with Crippen LogP contribution < -0.4 is 5.32 Å². The average Bonchev–Trinajstić information content (AvgIpc) is 2.63. The number of hydrogen-bond acceptors (Lipinski definition) is 3. The second kappa shape index (κ2) is 4.79. The van der Waals surface area contributed by atoms with Gasteiger partial charge in [0.05, 0.1) is 13.2 Å².